The number of aryl methyl sites for hydroxylation is 3. The summed E-state index contributed by atoms with van der Waals surface area (Å²) < 4.78 is 19.9. The molecule has 2 amide bonds. The number of aromatic nitrogens is 1. The van der Waals surface area contributed by atoms with Crippen LogP contribution in [0.4, 0.5) is 5.69 Å². The maximum Gasteiger partial charge on any atom is 0.307 e. The van der Waals surface area contributed by atoms with Gasteiger partial charge in [0.05, 0.1) is 10.7 Å². The van der Waals surface area contributed by atoms with Crippen molar-refractivity contribution >= 4 is 39.6 Å². The molecule has 0 atom stereocenters. The van der Waals surface area contributed by atoms with Crippen molar-refractivity contribution in [1.82, 2.24) is 9.99 Å². The molecule has 0 unspecified atom stereocenters. The first-order chi connectivity index (χ1) is 21.3. The van der Waals surface area contributed by atoms with Gasteiger partial charge in [0.1, 0.15) is 23.9 Å². The Morgan fingerprint density at radius 3 is 2.39 bits per heavy atom. The van der Waals surface area contributed by atoms with Crippen molar-refractivity contribution in [2.45, 2.75) is 27.4 Å². The van der Waals surface area contributed by atoms with E-state index in [2.05, 4.69) is 62.3 Å². The summed E-state index contributed by atoms with van der Waals surface area (Å²) in [5.41, 5.74) is 8.26. The Hall–Kier alpha value is -5.09. The fourth-order valence-electron chi connectivity index (χ4n) is 4.48. The van der Waals surface area contributed by atoms with Crippen LogP contribution in [0.1, 0.15) is 38.8 Å². The molecule has 0 fully saturated rings. The average molecular weight is 656 g/mol. The third-order valence-electron chi connectivity index (χ3n) is 6.75. The van der Waals surface area contributed by atoms with Crippen LogP contribution in [0.2, 0.25) is 0 Å². The normalized spacial score (nSPS) is 11.0. The van der Waals surface area contributed by atoms with Crippen LogP contribution in [-0.2, 0) is 11.4 Å². The van der Waals surface area contributed by atoms with E-state index in [0.29, 0.717) is 27.3 Å². The van der Waals surface area contributed by atoms with Gasteiger partial charge in [-0.3, -0.25) is 9.59 Å². The number of carbonyl (C=O) groups is 2. The minimum absolute atomic E-state index is 0.114. The van der Waals surface area contributed by atoms with Crippen LogP contribution in [0, 0.1) is 20.8 Å². The molecule has 5 rings (SSSR count). The van der Waals surface area contributed by atoms with Gasteiger partial charge in [0.15, 0.2) is 12.4 Å². The van der Waals surface area contributed by atoms with Crippen molar-refractivity contribution in [3.63, 3.8) is 0 Å². The highest BCUT2D eigenvalue weighted by Crippen LogP contribution is 2.26. The van der Waals surface area contributed by atoms with E-state index in [9.17, 15) is 9.59 Å². The van der Waals surface area contributed by atoms with E-state index < -0.39 is 5.91 Å². The molecule has 0 aliphatic carbocycles. The fraction of sp³-hybridized carbons (Fsp3) is 0.147. The van der Waals surface area contributed by atoms with E-state index in [1.165, 1.54) is 6.21 Å². The maximum atomic E-state index is 12.5. The lowest BCUT2D eigenvalue weighted by atomic mass is 10.2. The third-order valence-corrected chi connectivity index (χ3v) is 7.37. The average Bonchev–Trinajstić information content (AvgIpc) is 3.63. The van der Waals surface area contributed by atoms with Crippen LogP contribution in [0.15, 0.2) is 105 Å². The summed E-state index contributed by atoms with van der Waals surface area (Å²) in [7, 11) is 0. The molecule has 5 aromatic rings. The summed E-state index contributed by atoms with van der Waals surface area (Å²) >= 11 is 3.45. The zero-order valence-corrected chi connectivity index (χ0v) is 26.1. The number of benzene rings is 3. The Kier molecular flexibility index (Phi) is 9.61. The van der Waals surface area contributed by atoms with Crippen molar-refractivity contribution in [2.24, 2.45) is 5.10 Å². The lowest BCUT2D eigenvalue weighted by Crippen LogP contribution is -2.20. The summed E-state index contributed by atoms with van der Waals surface area (Å²) in [6.07, 6.45) is 1.49. The molecule has 0 bridgehead atoms. The van der Waals surface area contributed by atoms with Crippen molar-refractivity contribution in [2.75, 3.05) is 11.9 Å². The minimum Gasteiger partial charge on any atom is -0.486 e. The SMILES string of the molecule is Cc1ccccc1NC(=O)COc1ccc(/C=N/NC(=O)c2ccc(COc3ccc(-n4c(C)ccc4C)cc3)o2)cc1Br. The third kappa shape index (κ3) is 7.64. The van der Waals surface area contributed by atoms with Gasteiger partial charge in [-0.2, -0.15) is 5.10 Å². The molecule has 0 aliphatic heterocycles. The molecular formula is C34H31BrN4O5. The maximum absolute atomic E-state index is 12.5. The quantitative estimate of drug-likeness (QED) is 0.116. The van der Waals surface area contributed by atoms with Crippen molar-refractivity contribution in [3.05, 3.63) is 130 Å². The number of nitrogens with one attached hydrogen (secondary N) is 2. The first-order valence-corrected chi connectivity index (χ1v) is 14.6. The molecule has 0 saturated carbocycles. The predicted molar refractivity (Wildman–Crippen MR) is 173 cm³/mol. The molecule has 224 valence electrons. The first kappa shape index (κ1) is 30.4. The lowest BCUT2D eigenvalue weighted by Gasteiger charge is -2.10. The van der Waals surface area contributed by atoms with Crippen LogP contribution in [-0.4, -0.2) is 29.2 Å². The van der Waals surface area contributed by atoms with Gasteiger partial charge in [-0.15, -0.1) is 0 Å². The van der Waals surface area contributed by atoms with Crippen molar-refractivity contribution in [1.29, 1.82) is 0 Å². The van der Waals surface area contributed by atoms with Crippen LogP contribution >= 0.6 is 15.9 Å². The summed E-state index contributed by atoms with van der Waals surface area (Å²) in [5, 5.41) is 6.85. The lowest BCUT2D eigenvalue weighted by molar-refractivity contribution is -0.118. The number of para-hydroxylation sites is 1. The van der Waals surface area contributed by atoms with E-state index in [0.717, 1.165) is 28.3 Å². The zero-order valence-electron chi connectivity index (χ0n) is 24.5. The van der Waals surface area contributed by atoms with Crippen LogP contribution < -0.4 is 20.2 Å². The number of halogens is 1. The first-order valence-electron chi connectivity index (χ1n) is 13.8. The van der Waals surface area contributed by atoms with Gasteiger partial charge < -0.3 is 23.8 Å². The zero-order chi connectivity index (χ0) is 31.1. The fourth-order valence-corrected chi connectivity index (χ4v) is 4.99. The van der Waals surface area contributed by atoms with Crippen molar-refractivity contribution < 1.29 is 23.5 Å². The summed E-state index contributed by atoms with van der Waals surface area (Å²) in [4.78, 5) is 24.8. The second kappa shape index (κ2) is 13.9. The van der Waals surface area contributed by atoms with Crippen LogP contribution in [0.5, 0.6) is 11.5 Å². The van der Waals surface area contributed by atoms with E-state index in [1.807, 2.05) is 55.5 Å². The van der Waals surface area contributed by atoms with E-state index in [1.54, 1.807) is 30.3 Å². The molecule has 9 nitrogen and oxygen atoms in total. The van der Waals surface area contributed by atoms with Gasteiger partial charge in [-0.05, 0) is 121 Å². The number of amides is 2. The number of ether oxygens (including phenoxy) is 2. The van der Waals surface area contributed by atoms with E-state index >= 15 is 0 Å². The second-order valence-electron chi connectivity index (χ2n) is 10.0. The largest absolute Gasteiger partial charge is 0.486 e. The summed E-state index contributed by atoms with van der Waals surface area (Å²) in [6.45, 7) is 6.09. The molecule has 0 spiro atoms. The van der Waals surface area contributed by atoms with Gasteiger partial charge in [0, 0.05) is 22.8 Å². The van der Waals surface area contributed by atoms with E-state index in [-0.39, 0.29) is 24.9 Å². The van der Waals surface area contributed by atoms with Gasteiger partial charge in [0.25, 0.3) is 5.91 Å². The number of nitrogens with zero attached hydrogens (tertiary/aromatic N) is 2. The van der Waals surface area contributed by atoms with Gasteiger partial charge in [-0.1, -0.05) is 18.2 Å². The number of furan rings is 1. The number of hydrazone groups is 1. The Morgan fingerprint density at radius 2 is 1.66 bits per heavy atom. The van der Waals surface area contributed by atoms with Crippen LogP contribution in [0.3, 0.4) is 0 Å². The highest BCUT2D eigenvalue weighted by molar-refractivity contribution is 9.10. The van der Waals surface area contributed by atoms with Crippen molar-refractivity contribution in [3.8, 4) is 17.2 Å². The van der Waals surface area contributed by atoms with Gasteiger partial charge in [0.2, 0.25) is 0 Å². The van der Waals surface area contributed by atoms with Gasteiger partial charge >= 0.3 is 5.91 Å². The Balaban J connectivity index is 1.08. The highest BCUT2D eigenvalue weighted by atomic mass is 79.9. The smallest absolute Gasteiger partial charge is 0.307 e. The molecule has 44 heavy (non-hydrogen) atoms. The Morgan fingerprint density at radius 1 is 0.909 bits per heavy atom. The molecule has 0 saturated heterocycles. The Bertz CT molecular complexity index is 1790. The number of hydrogen-bond acceptors (Lipinski definition) is 6. The Labute approximate surface area is 263 Å². The second-order valence-corrected chi connectivity index (χ2v) is 10.9. The summed E-state index contributed by atoms with van der Waals surface area (Å²) in [6, 6.07) is 28.0. The molecular weight excluding hydrogens is 624 g/mol. The molecule has 10 heteroatoms. The summed E-state index contributed by atoms with van der Waals surface area (Å²) in [5.74, 6) is 1.05. The topological polar surface area (TPSA) is 107 Å². The predicted octanol–water partition coefficient (Wildman–Crippen LogP) is 7.12. The monoisotopic (exact) mass is 654 g/mol. The minimum atomic E-state index is -0.493. The molecule has 3 aromatic carbocycles. The molecule has 2 heterocycles. The molecule has 2 N–H and O–H groups in total. The number of rotatable bonds is 11. The number of anilines is 1. The molecule has 0 radical (unpaired) electrons. The molecule has 2 aromatic heterocycles. The van der Waals surface area contributed by atoms with Gasteiger partial charge in [-0.25, -0.2) is 5.43 Å². The van der Waals surface area contributed by atoms with Crippen LogP contribution in [0.25, 0.3) is 5.69 Å². The van der Waals surface area contributed by atoms with E-state index in [4.69, 9.17) is 13.9 Å². The number of hydrogen-bond donors (Lipinski definition) is 2. The standard InChI is InChI=1S/C34H31BrN4O5/c1-22-6-4-5-7-30(22)37-33(40)21-43-31-16-10-25(18-29(31)35)19-36-38-34(41)32-17-15-28(44-32)20-42-27-13-11-26(12-14-27)39-23(2)8-9-24(39)3/h4-19H,20-21H2,1-3H3,(H,37,40)(H,38,41)/b36-19+. The molecule has 0 aliphatic rings. The number of carbonyl (C=O) groups excluding carboxylic acids is 2. The highest BCUT2D eigenvalue weighted by Gasteiger charge is 2.12.